The topological polar surface area (TPSA) is 75.3 Å². The summed E-state index contributed by atoms with van der Waals surface area (Å²) in [5.41, 5.74) is 1.17. The summed E-state index contributed by atoms with van der Waals surface area (Å²) in [7, 11) is -3.59. The predicted molar refractivity (Wildman–Crippen MR) is 91.0 cm³/mol. The Bertz CT molecular complexity index is 662. The normalized spacial score (nSPS) is 16.5. The van der Waals surface area contributed by atoms with Crippen LogP contribution in [0.1, 0.15) is 61.9 Å². The first-order chi connectivity index (χ1) is 10.8. The van der Waals surface area contributed by atoms with E-state index in [1.54, 1.807) is 19.1 Å². The lowest BCUT2D eigenvalue weighted by Crippen LogP contribution is -2.36. The Balaban J connectivity index is 2.23. The van der Waals surface area contributed by atoms with Crippen molar-refractivity contribution < 1.29 is 13.2 Å². The number of aryl methyl sites for hydroxylation is 1. The van der Waals surface area contributed by atoms with Gasteiger partial charge in [0, 0.05) is 17.6 Å². The summed E-state index contributed by atoms with van der Waals surface area (Å²) in [5, 5.41) is 2.81. The molecule has 1 aromatic carbocycles. The van der Waals surface area contributed by atoms with Gasteiger partial charge in [-0.05, 0) is 51.3 Å². The molecule has 2 rings (SSSR count). The molecule has 1 saturated carbocycles. The van der Waals surface area contributed by atoms with Crippen molar-refractivity contribution in [2.45, 2.75) is 69.9 Å². The molecule has 0 aliphatic heterocycles. The minimum absolute atomic E-state index is 0.00234. The van der Waals surface area contributed by atoms with Crippen molar-refractivity contribution >= 4 is 15.9 Å². The quantitative estimate of drug-likeness (QED) is 0.867. The maximum absolute atomic E-state index is 12.6. The van der Waals surface area contributed by atoms with E-state index in [9.17, 15) is 13.2 Å². The molecule has 1 aromatic rings. The summed E-state index contributed by atoms with van der Waals surface area (Å²) in [4.78, 5) is 12.4. The van der Waals surface area contributed by atoms with Crippen molar-refractivity contribution in [2.75, 3.05) is 0 Å². The highest BCUT2D eigenvalue weighted by Gasteiger charge is 2.23. The Morgan fingerprint density at radius 1 is 1.17 bits per heavy atom. The van der Waals surface area contributed by atoms with E-state index in [1.165, 1.54) is 12.5 Å². The highest BCUT2D eigenvalue weighted by molar-refractivity contribution is 7.89. The van der Waals surface area contributed by atoms with E-state index >= 15 is 0 Å². The number of carbonyl (C=O) groups excluding carboxylic acids is 1. The Morgan fingerprint density at radius 2 is 1.83 bits per heavy atom. The van der Waals surface area contributed by atoms with Crippen LogP contribution in [0.5, 0.6) is 0 Å². The van der Waals surface area contributed by atoms with Gasteiger partial charge in [-0.15, -0.1) is 0 Å². The van der Waals surface area contributed by atoms with E-state index in [2.05, 4.69) is 10.0 Å². The van der Waals surface area contributed by atoms with Crippen LogP contribution in [0.15, 0.2) is 23.1 Å². The van der Waals surface area contributed by atoms with Gasteiger partial charge in [-0.25, -0.2) is 13.1 Å². The summed E-state index contributed by atoms with van der Waals surface area (Å²) in [6, 6.07) is 4.72. The van der Waals surface area contributed by atoms with Crippen LogP contribution in [0.25, 0.3) is 0 Å². The molecule has 0 bridgehead atoms. The highest BCUT2D eigenvalue weighted by atomic mass is 32.2. The average Bonchev–Trinajstić information content (AvgIpc) is 2.47. The zero-order valence-electron chi connectivity index (χ0n) is 14.1. The Morgan fingerprint density at radius 3 is 2.43 bits per heavy atom. The molecule has 0 aromatic heterocycles. The van der Waals surface area contributed by atoms with Crippen LogP contribution >= 0.6 is 0 Å². The highest BCUT2D eigenvalue weighted by Crippen LogP contribution is 2.21. The van der Waals surface area contributed by atoms with Gasteiger partial charge in [0.2, 0.25) is 10.0 Å². The lowest BCUT2D eigenvalue weighted by atomic mass is 9.96. The molecule has 0 spiro atoms. The van der Waals surface area contributed by atoms with E-state index in [0.29, 0.717) is 5.56 Å². The third kappa shape index (κ3) is 4.78. The van der Waals surface area contributed by atoms with Crippen LogP contribution in [0.2, 0.25) is 0 Å². The first-order valence-corrected chi connectivity index (χ1v) is 9.72. The average molecular weight is 338 g/mol. The summed E-state index contributed by atoms with van der Waals surface area (Å²) in [5.74, 6) is -0.243. The minimum Gasteiger partial charge on any atom is -0.350 e. The van der Waals surface area contributed by atoms with Gasteiger partial charge in [-0.3, -0.25) is 4.79 Å². The number of hydrogen-bond donors (Lipinski definition) is 2. The van der Waals surface area contributed by atoms with Gasteiger partial charge in [0.05, 0.1) is 4.90 Å². The molecule has 0 saturated heterocycles. The molecule has 2 N–H and O–H groups in total. The molecule has 0 heterocycles. The summed E-state index contributed by atoms with van der Waals surface area (Å²) in [6.45, 7) is 5.55. The van der Waals surface area contributed by atoms with Crippen molar-refractivity contribution in [3.63, 3.8) is 0 Å². The van der Waals surface area contributed by atoms with E-state index in [0.717, 1.165) is 31.2 Å². The van der Waals surface area contributed by atoms with Crippen molar-refractivity contribution in [3.8, 4) is 0 Å². The van der Waals surface area contributed by atoms with Gasteiger partial charge >= 0.3 is 0 Å². The molecule has 128 valence electrons. The molecule has 5 nitrogen and oxygen atoms in total. The number of sulfonamides is 1. The summed E-state index contributed by atoms with van der Waals surface area (Å²) < 4.78 is 27.9. The minimum atomic E-state index is -3.59. The molecule has 23 heavy (non-hydrogen) atoms. The molecule has 0 unspecified atom stereocenters. The van der Waals surface area contributed by atoms with E-state index in [-0.39, 0.29) is 22.9 Å². The second-order valence-corrected chi connectivity index (χ2v) is 8.28. The molecule has 1 aliphatic carbocycles. The van der Waals surface area contributed by atoms with Gasteiger partial charge in [0.15, 0.2) is 0 Å². The lowest BCUT2D eigenvalue weighted by Gasteiger charge is -2.22. The van der Waals surface area contributed by atoms with E-state index in [4.69, 9.17) is 0 Å². The van der Waals surface area contributed by atoms with Gasteiger partial charge < -0.3 is 5.32 Å². The van der Waals surface area contributed by atoms with Crippen LogP contribution in [-0.2, 0) is 10.0 Å². The number of nitrogens with one attached hydrogen (secondary N) is 2. The zero-order valence-corrected chi connectivity index (χ0v) is 14.9. The van der Waals surface area contributed by atoms with E-state index < -0.39 is 10.0 Å². The fourth-order valence-corrected chi connectivity index (χ4v) is 4.19. The van der Waals surface area contributed by atoms with Crippen LogP contribution in [0, 0.1) is 6.92 Å². The van der Waals surface area contributed by atoms with Crippen molar-refractivity contribution in [1.82, 2.24) is 10.0 Å². The third-order valence-electron chi connectivity index (χ3n) is 4.11. The second-order valence-electron chi connectivity index (χ2n) is 6.56. The SMILES string of the molecule is Cc1ccc(S(=O)(=O)NC2CCCCC2)cc1C(=O)NC(C)C. The molecule has 1 fully saturated rings. The van der Waals surface area contributed by atoms with Crippen molar-refractivity contribution in [3.05, 3.63) is 29.3 Å². The number of amides is 1. The summed E-state index contributed by atoms with van der Waals surface area (Å²) in [6.07, 6.45) is 5.05. The third-order valence-corrected chi connectivity index (χ3v) is 5.63. The molecule has 1 aliphatic rings. The molecule has 1 amide bonds. The lowest BCUT2D eigenvalue weighted by molar-refractivity contribution is 0.0942. The fourth-order valence-electron chi connectivity index (χ4n) is 2.86. The number of carbonyl (C=O) groups is 1. The Hall–Kier alpha value is -1.40. The molecule has 0 radical (unpaired) electrons. The standard InChI is InChI=1S/C17H26N2O3S/c1-12(2)18-17(20)16-11-15(10-9-13(16)3)23(21,22)19-14-7-5-4-6-8-14/h9-12,14,19H,4-8H2,1-3H3,(H,18,20). The van der Waals surface area contributed by atoms with E-state index in [1.807, 2.05) is 13.8 Å². The van der Waals surface area contributed by atoms with Crippen LogP contribution in [0.3, 0.4) is 0 Å². The van der Waals surface area contributed by atoms with Gasteiger partial charge in [0.1, 0.15) is 0 Å². The maximum Gasteiger partial charge on any atom is 0.251 e. The number of hydrogen-bond acceptors (Lipinski definition) is 3. The zero-order chi connectivity index (χ0) is 17.0. The smallest absolute Gasteiger partial charge is 0.251 e. The largest absolute Gasteiger partial charge is 0.350 e. The monoisotopic (exact) mass is 338 g/mol. The Labute approximate surface area is 138 Å². The maximum atomic E-state index is 12.6. The van der Waals surface area contributed by atoms with Crippen molar-refractivity contribution in [1.29, 1.82) is 0 Å². The van der Waals surface area contributed by atoms with Gasteiger partial charge in [-0.2, -0.15) is 0 Å². The van der Waals surface area contributed by atoms with Crippen LogP contribution in [0.4, 0.5) is 0 Å². The first-order valence-electron chi connectivity index (χ1n) is 8.23. The first kappa shape index (κ1) is 17.9. The molecular weight excluding hydrogens is 312 g/mol. The Kier molecular flexibility index (Phi) is 5.81. The molecular formula is C17H26N2O3S. The van der Waals surface area contributed by atoms with Gasteiger partial charge in [-0.1, -0.05) is 25.3 Å². The van der Waals surface area contributed by atoms with Crippen molar-refractivity contribution in [2.24, 2.45) is 0 Å². The predicted octanol–water partition coefficient (Wildman–Crippen LogP) is 2.74. The molecule has 6 heteroatoms. The number of benzene rings is 1. The summed E-state index contributed by atoms with van der Waals surface area (Å²) >= 11 is 0. The van der Waals surface area contributed by atoms with Crippen LogP contribution in [-0.4, -0.2) is 26.4 Å². The fraction of sp³-hybridized carbons (Fsp3) is 0.588. The number of rotatable bonds is 5. The molecule has 0 atom stereocenters. The van der Waals surface area contributed by atoms with Crippen LogP contribution < -0.4 is 10.0 Å². The second kappa shape index (κ2) is 7.45. The van der Waals surface area contributed by atoms with Gasteiger partial charge in [0.25, 0.3) is 5.91 Å².